The van der Waals surface area contributed by atoms with Gasteiger partial charge in [0.25, 0.3) is 5.91 Å². The third-order valence-electron chi connectivity index (χ3n) is 7.05. The molecule has 0 saturated heterocycles. The molecule has 1 aliphatic heterocycles. The number of hydrogen-bond donors (Lipinski definition) is 0. The van der Waals surface area contributed by atoms with Crippen LogP contribution in [-0.2, 0) is 11.2 Å². The highest BCUT2D eigenvalue weighted by molar-refractivity contribution is 7.10. The first kappa shape index (κ1) is 27.8. The number of rotatable bonds is 10. The van der Waals surface area contributed by atoms with E-state index in [4.69, 9.17) is 4.74 Å². The number of nitrogens with zero attached hydrogens (tertiary/aromatic N) is 2. The molecule has 7 heteroatoms. The summed E-state index contributed by atoms with van der Waals surface area (Å²) in [4.78, 5) is 31.8. The Morgan fingerprint density at radius 2 is 1.76 bits per heavy atom. The highest BCUT2D eigenvalue weighted by Crippen LogP contribution is 2.34. The van der Waals surface area contributed by atoms with Crippen LogP contribution in [0.1, 0.15) is 72.4 Å². The molecule has 202 valence electrons. The van der Waals surface area contributed by atoms with Gasteiger partial charge in [0, 0.05) is 23.5 Å². The molecular formula is C31H37FN2O3S. The van der Waals surface area contributed by atoms with Gasteiger partial charge in [-0.25, -0.2) is 4.39 Å². The zero-order valence-electron chi connectivity index (χ0n) is 22.7. The molecule has 0 N–H and O–H groups in total. The van der Waals surface area contributed by atoms with Crippen LogP contribution in [0.2, 0.25) is 0 Å². The minimum atomic E-state index is -0.395. The van der Waals surface area contributed by atoms with Gasteiger partial charge in [-0.15, -0.1) is 11.3 Å². The number of ether oxygens (including phenoxy) is 1. The van der Waals surface area contributed by atoms with Crippen LogP contribution >= 0.6 is 11.3 Å². The summed E-state index contributed by atoms with van der Waals surface area (Å²) in [5.74, 6) is 0.831. The predicted molar refractivity (Wildman–Crippen MR) is 150 cm³/mol. The fourth-order valence-corrected chi connectivity index (χ4v) is 5.62. The van der Waals surface area contributed by atoms with E-state index in [-0.39, 0.29) is 24.4 Å². The minimum absolute atomic E-state index is 0.0258. The number of hydrogen-bond acceptors (Lipinski definition) is 4. The Morgan fingerprint density at radius 3 is 2.42 bits per heavy atom. The van der Waals surface area contributed by atoms with Crippen molar-refractivity contribution in [2.45, 2.75) is 52.5 Å². The van der Waals surface area contributed by atoms with Crippen LogP contribution in [-0.4, -0.2) is 47.9 Å². The summed E-state index contributed by atoms with van der Waals surface area (Å²) in [6, 6.07) is 15.5. The fourth-order valence-electron chi connectivity index (χ4n) is 4.69. The lowest BCUT2D eigenvalue weighted by Gasteiger charge is -2.37. The van der Waals surface area contributed by atoms with Crippen LogP contribution in [0, 0.1) is 11.7 Å². The van der Waals surface area contributed by atoms with Crippen LogP contribution in [0.5, 0.6) is 5.75 Å². The summed E-state index contributed by atoms with van der Waals surface area (Å²) in [6.45, 7) is 9.85. The third-order valence-corrected chi connectivity index (χ3v) is 8.05. The maximum Gasteiger partial charge on any atom is 0.254 e. The van der Waals surface area contributed by atoms with Gasteiger partial charge in [0.1, 0.15) is 24.7 Å². The molecule has 0 aliphatic carbocycles. The summed E-state index contributed by atoms with van der Waals surface area (Å²) in [6.07, 6.45) is 1.56. The molecular weight excluding hydrogens is 499 g/mol. The van der Waals surface area contributed by atoms with Crippen molar-refractivity contribution >= 4 is 23.2 Å². The SMILES string of the molecule is CC(C)CCN(CC(=O)N1CCc2sccc2[C@H]1COc1ccc(C(C)C)cc1)C(=O)c1ccc(F)cc1. The molecule has 2 aromatic carbocycles. The summed E-state index contributed by atoms with van der Waals surface area (Å²) >= 11 is 1.71. The Hall–Kier alpha value is -3.19. The first-order valence-electron chi connectivity index (χ1n) is 13.4. The Kier molecular flexibility index (Phi) is 9.21. The average Bonchev–Trinajstić information content (AvgIpc) is 3.39. The van der Waals surface area contributed by atoms with Gasteiger partial charge in [0.15, 0.2) is 0 Å². The number of carbonyl (C=O) groups is 2. The standard InChI is InChI=1S/C31H37FN2O3S/c1-21(2)13-16-33(31(36)24-5-9-25(32)10-6-24)19-30(35)34-17-14-29-27(15-18-38-29)28(34)20-37-26-11-7-23(8-12-26)22(3)4/h5-12,15,18,21-22,28H,13-14,16-17,19-20H2,1-4H3/t28-/m1/s1. The number of thiophene rings is 1. The number of halogens is 1. The van der Waals surface area contributed by atoms with Gasteiger partial charge in [0.2, 0.25) is 5.91 Å². The van der Waals surface area contributed by atoms with E-state index in [9.17, 15) is 14.0 Å². The molecule has 4 rings (SSSR count). The Labute approximate surface area is 229 Å². The molecule has 3 aromatic rings. The van der Waals surface area contributed by atoms with Crippen molar-refractivity contribution in [3.8, 4) is 5.75 Å². The molecule has 0 unspecified atom stereocenters. The molecule has 1 atom stereocenters. The molecule has 0 spiro atoms. The van der Waals surface area contributed by atoms with E-state index >= 15 is 0 Å². The minimum Gasteiger partial charge on any atom is -0.491 e. The number of benzene rings is 2. The average molecular weight is 537 g/mol. The van der Waals surface area contributed by atoms with E-state index in [1.807, 2.05) is 17.0 Å². The predicted octanol–water partition coefficient (Wildman–Crippen LogP) is 6.70. The van der Waals surface area contributed by atoms with E-state index < -0.39 is 5.82 Å². The summed E-state index contributed by atoms with van der Waals surface area (Å²) in [5.41, 5.74) is 2.75. The Balaban J connectivity index is 1.51. The van der Waals surface area contributed by atoms with Gasteiger partial charge < -0.3 is 14.5 Å². The van der Waals surface area contributed by atoms with Gasteiger partial charge in [0.05, 0.1) is 6.04 Å². The number of carbonyl (C=O) groups excluding carboxylic acids is 2. The second-order valence-corrected chi connectivity index (χ2v) is 11.6. The summed E-state index contributed by atoms with van der Waals surface area (Å²) < 4.78 is 19.6. The van der Waals surface area contributed by atoms with Crippen molar-refractivity contribution in [2.24, 2.45) is 5.92 Å². The molecule has 0 fully saturated rings. The third kappa shape index (κ3) is 6.81. The normalized spacial score (nSPS) is 15.0. The zero-order chi connectivity index (χ0) is 27.2. The number of amides is 2. The van der Waals surface area contributed by atoms with E-state index in [1.54, 1.807) is 16.2 Å². The molecule has 2 heterocycles. The largest absolute Gasteiger partial charge is 0.491 e. The zero-order valence-corrected chi connectivity index (χ0v) is 23.5. The molecule has 0 saturated carbocycles. The lowest BCUT2D eigenvalue weighted by molar-refractivity contribution is -0.135. The van der Waals surface area contributed by atoms with E-state index in [1.165, 1.54) is 34.7 Å². The summed E-state index contributed by atoms with van der Waals surface area (Å²) in [5, 5.41) is 2.07. The maximum absolute atomic E-state index is 13.7. The van der Waals surface area contributed by atoms with Gasteiger partial charge in [-0.1, -0.05) is 39.8 Å². The van der Waals surface area contributed by atoms with Gasteiger partial charge in [-0.3, -0.25) is 9.59 Å². The maximum atomic E-state index is 13.7. The molecule has 2 amide bonds. The Morgan fingerprint density at radius 1 is 1.05 bits per heavy atom. The monoisotopic (exact) mass is 536 g/mol. The highest BCUT2D eigenvalue weighted by atomic mass is 32.1. The van der Waals surface area contributed by atoms with Crippen LogP contribution in [0.4, 0.5) is 4.39 Å². The topological polar surface area (TPSA) is 49.9 Å². The van der Waals surface area contributed by atoms with Crippen molar-refractivity contribution in [2.75, 3.05) is 26.2 Å². The lowest BCUT2D eigenvalue weighted by Crippen LogP contribution is -2.48. The molecule has 0 bridgehead atoms. The van der Waals surface area contributed by atoms with E-state index in [0.717, 1.165) is 24.2 Å². The van der Waals surface area contributed by atoms with Crippen molar-refractivity contribution in [3.05, 3.63) is 87.4 Å². The Bertz CT molecular complexity index is 1220. The molecule has 0 radical (unpaired) electrons. The van der Waals surface area contributed by atoms with Crippen LogP contribution in [0.15, 0.2) is 60.0 Å². The van der Waals surface area contributed by atoms with E-state index in [0.29, 0.717) is 37.1 Å². The van der Waals surface area contributed by atoms with Crippen LogP contribution < -0.4 is 4.74 Å². The van der Waals surface area contributed by atoms with Crippen LogP contribution in [0.25, 0.3) is 0 Å². The quantitative estimate of drug-likeness (QED) is 0.290. The first-order valence-corrected chi connectivity index (χ1v) is 14.2. The lowest BCUT2D eigenvalue weighted by atomic mass is 10.00. The van der Waals surface area contributed by atoms with Crippen molar-refractivity contribution in [1.29, 1.82) is 0 Å². The highest BCUT2D eigenvalue weighted by Gasteiger charge is 2.33. The van der Waals surface area contributed by atoms with Crippen LogP contribution in [0.3, 0.4) is 0 Å². The van der Waals surface area contributed by atoms with Gasteiger partial charge in [-0.05, 0) is 83.6 Å². The molecule has 1 aromatic heterocycles. The smallest absolute Gasteiger partial charge is 0.254 e. The molecule has 1 aliphatic rings. The van der Waals surface area contributed by atoms with Gasteiger partial charge in [-0.2, -0.15) is 0 Å². The fraction of sp³-hybridized carbons (Fsp3) is 0.419. The van der Waals surface area contributed by atoms with Crippen molar-refractivity contribution < 1.29 is 18.7 Å². The van der Waals surface area contributed by atoms with Crippen molar-refractivity contribution in [3.63, 3.8) is 0 Å². The van der Waals surface area contributed by atoms with Gasteiger partial charge >= 0.3 is 0 Å². The molecule has 38 heavy (non-hydrogen) atoms. The van der Waals surface area contributed by atoms with Crippen molar-refractivity contribution in [1.82, 2.24) is 9.80 Å². The second-order valence-electron chi connectivity index (χ2n) is 10.6. The molecule has 5 nitrogen and oxygen atoms in total. The summed E-state index contributed by atoms with van der Waals surface area (Å²) in [7, 11) is 0. The second kappa shape index (κ2) is 12.6. The first-order chi connectivity index (χ1) is 18.2. The number of fused-ring (bicyclic) bond motifs is 1. The van der Waals surface area contributed by atoms with E-state index in [2.05, 4.69) is 51.3 Å².